The van der Waals surface area contributed by atoms with E-state index in [9.17, 15) is 9.90 Å². The number of carbonyl (C=O) groups excluding carboxylic acids is 1. The van der Waals surface area contributed by atoms with Crippen LogP contribution in [-0.2, 0) is 10.4 Å². The van der Waals surface area contributed by atoms with E-state index < -0.39 is 5.60 Å². The van der Waals surface area contributed by atoms with Gasteiger partial charge in [0.1, 0.15) is 0 Å². The van der Waals surface area contributed by atoms with Gasteiger partial charge in [-0.3, -0.25) is 4.79 Å². The average Bonchev–Trinajstić information content (AvgIpc) is 2.47. The van der Waals surface area contributed by atoms with Gasteiger partial charge in [0.25, 0.3) is 0 Å². The van der Waals surface area contributed by atoms with Gasteiger partial charge in [0.15, 0.2) is 11.9 Å². The van der Waals surface area contributed by atoms with Crippen LogP contribution in [0.25, 0.3) is 0 Å². The highest BCUT2D eigenvalue weighted by molar-refractivity contribution is 5.68. The normalized spacial score (nSPS) is 15.7. The van der Waals surface area contributed by atoms with Gasteiger partial charge in [0, 0.05) is 5.92 Å². The van der Waals surface area contributed by atoms with Crippen LogP contribution >= 0.6 is 0 Å². The first kappa shape index (κ1) is 12.5. The molecule has 92 valence electrons. The molecule has 0 saturated heterocycles. The molecule has 0 aliphatic carbocycles. The van der Waals surface area contributed by atoms with Crippen molar-refractivity contribution in [2.45, 2.75) is 18.4 Å². The Morgan fingerprint density at radius 3 is 2.00 bits per heavy atom. The molecular weight excluding hydrogens is 224 g/mol. The molecule has 0 aromatic heterocycles. The van der Waals surface area contributed by atoms with Gasteiger partial charge in [-0.2, -0.15) is 0 Å². The maximum atomic E-state index is 11.4. The second-order valence-corrected chi connectivity index (χ2v) is 4.44. The fourth-order valence-corrected chi connectivity index (χ4v) is 2.12. The first-order chi connectivity index (χ1) is 8.68. The number of benzene rings is 2. The van der Waals surface area contributed by atoms with Gasteiger partial charge in [-0.15, -0.1) is 0 Å². The molecule has 0 saturated carbocycles. The molecule has 0 fully saturated rings. The number of rotatable bonds is 4. The lowest BCUT2D eigenvalue weighted by molar-refractivity contribution is -0.127. The lowest BCUT2D eigenvalue weighted by Gasteiger charge is -2.29. The molecule has 0 aliphatic rings. The summed E-state index contributed by atoms with van der Waals surface area (Å²) in [6, 6.07) is 18.6. The highest BCUT2D eigenvalue weighted by atomic mass is 16.3. The molecule has 0 radical (unpaired) electrons. The molecule has 2 atom stereocenters. The molecule has 0 aliphatic heterocycles. The molecule has 2 rings (SSSR count). The lowest BCUT2D eigenvalue weighted by atomic mass is 9.79. The Morgan fingerprint density at radius 1 is 1.00 bits per heavy atom. The van der Waals surface area contributed by atoms with E-state index in [4.69, 9.17) is 0 Å². The number of hydrogen-bond acceptors (Lipinski definition) is 2. The summed E-state index contributed by atoms with van der Waals surface area (Å²) < 4.78 is 0. The monoisotopic (exact) mass is 240 g/mol. The summed E-state index contributed by atoms with van der Waals surface area (Å²) in [5.41, 5.74) is 0.0788. The van der Waals surface area contributed by atoms with Gasteiger partial charge < -0.3 is 5.11 Å². The highest BCUT2D eigenvalue weighted by Gasteiger charge is 2.36. The van der Waals surface area contributed by atoms with Gasteiger partial charge in [-0.1, -0.05) is 67.6 Å². The predicted molar refractivity (Wildman–Crippen MR) is 71.3 cm³/mol. The minimum Gasteiger partial charge on any atom is -0.377 e. The van der Waals surface area contributed by atoms with Crippen LogP contribution in [0, 0.1) is 0 Å². The maximum Gasteiger partial charge on any atom is 0.156 e. The molecule has 2 nitrogen and oxygen atoms in total. The number of aliphatic hydroxyl groups is 1. The topological polar surface area (TPSA) is 37.3 Å². The van der Waals surface area contributed by atoms with Crippen molar-refractivity contribution in [2.75, 3.05) is 0 Å². The molecule has 2 unspecified atom stereocenters. The smallest absolute Gasteiger partial charge is 0.156 e. The summed E-state index contributed by atoms with van der Waals surface area (Å²) >= 11 is 0. The molecular formula is C16H16O2. The van der Waals surface area contributed by atoms with E-state index in [0.717, 1.165) is 5.56 Å². The van der Waals surface area contributed by atoms with Crippen molar-refractivity contribution >= 4 is 6.29 Å². The minimum atomic E-state index is -1.48. The maximum absolute atomic E-state index is 11.4. The minimum absolute atomic E-state index is 0.293. The zero-order chi connectivity index (χ0) is 13.0. The third kappa shape index (κ3) is 2.20. The second kappa shape index (κ2) is 5.15. The molecule has 18 heavy (non-hydrogen) atoms. The Morgan fingerprint density at radius 2 is 1.50 bits per heavy atom. The van der Waals surface area contributed by atoms with Gasteiger partial charge in [-0.25, -0.2) is 0 Å². The van der Waals surface area contributed by atoms with Crippen LogP contribution in [0.3, 0.4) is 0 Å². The van der Waals surface area contributed by atoms with Crippen LogP contribution in [0.1, 0.15) is 24.0 Å². The molecule has 2 aromatic rings. The van der Waals surface area contributed by atoms with Crippen LogP contribution in [0.2, 0.25) is 0 Å². The van der Waals surface area contributed by atoms with Crippen molar-refractivity contribution in [1.29, 1.82) is 0 Å². The van der Waals surface area contributed by atoms with Crippen LogP contribution in [0.4, 0.5) is 0 Å². The van der Waals surface area contributed by atoms with Crippen LogP contribution in [-0.4, -0.2) is 11.4 Å². The average molecular weight is 240 g/mol. The molecule has 0 heterocycles. The Hall–Kier alpha value is -1.93. The number of aldehydes is 1. The summed E-state index contributed by atoms with van der Waals surface area (Å²) in [5, 5.41) is 10.6. The van der Waals surface area contributed by atoms with Gasteiger partial charge >= 0.3 is 0 Å². The third-order valence-corrected chi connectivity index (χ3v) is 3.38. The number of hydrogen-bond donors (Lipinski definition) is 1. The Bertz CT molecular complexity index is 507. The predicted octanol–water partition coefficient (Wildman–Crippen LogP) is 2.88. The van der Waals surface area contributed by atoms with E-state index in [1.54, 1.807) is 12.1 Å². The summed E-state index contributed by atoms with van der Waals surface area (Å²) in [4.78, 5) is 11.4. The quantitative estimate of drug-likeness (QED) is 0.834. The van der Waals surface area contributed by atoms with Crippen molar-refractivity contribution < 1.29 is 9.90 Å². The van der Waals surface area contributed by atoms with Gasteiger partial charge in [-0.05, 0) is 11.1 Å². The fraction of sp³-hybridized carbons (Fsp3) is 0.188. The summed E-state index contributed by atoms with van der Waals surface area (Å²) in [7, 11) is 0. The Kier molecular flexibility index (Phi) is 3.58. The van der Waals surface area contributed by atoms with E-state index in [0.29, 0.717) is 11.8 Å². The van der Waals surface area contributed by atoms with Crippen LogP contribution < -0.4 is 0 Å². The van der Waals surface area contributed by atoms with E-state index in [2.05, 4.69) is 0 Å². The van der Waals surface area contributed by atoms with Crippen molar-refractivity contribution in [3.63, 3.8) is 0 Å². The summed E-state index contributed by atoms with van der Waals surface area (Å²) in [5.74, 6) is -0.293. The second-order valence-electron chi connectivity index (χ2n) is 4.44. The van der Waals surface area contributed by atoms with Crippen molar-refractivity contribution in [2.24, 2.45) is 0 Å². The lowest BCUT2D eigenvalue weighted by Crippen LogP contribution is -2.33. The SMILES string of the molecule is CC(c1ccccc1)C(O)(C=O)c1ccccc1. The van der Waals surface area contributed by atoms with E-state index >= 15 is 0 Å². The Balaban J connectivity index is 2.42. The third-order valence-electron chi connectivity index (χ3n) is 3.38. The first-order valence-corrected chi connectivity index (χ1v) is 5.97. The number of carbonyl (C=O) groups is 1. The van der Waals surface area contributed by atoms with Gasteiger partial charge in [0.2, 0.25) is 0 Å². The fourth-order valence-electron chi connectivity index (χ4n) is 2.12. The van der Waals surface area contributed by atoms with Crippen LogP contribution in [0.15, 0.2) is 60.7 Å². The summed E-state index contributed by atoms with van der Waals surface area (Å²) in [6.45, 7) is 1.86. The molecule has 1 N–H and O–H groups in total. The van der Waals surface area contributed by atoms with Crippen molar-refractivity contribution in [3.8, 4) is 0 Å². The standard InChI is InChI=1S/C16H16O2/c1-13(14-8-4-2-5-9-14)16(18,12-17)15-10-6-3-7-11-15/h2-13,18H,1H3. The zero-order valence-electron chi connectivity index (χ0n) is 10.3. The van der Waals surface area contributed by atoms with Crippen molar-refractivity contribution in [1.82, 2.24) is 0 Å². The highest BCUT2D eigenvalue weighted by Crippen LogP contribution is 2.34. The molecule has 0 amide bonds. The van der Waals surface area contributed by atoms with Crippen molar-refractivity contribution in [3.05, 3.63) is 71.8 Å². The van der Waals surface area contributed by atoms with E-state index in [-0.39, 0.29) is 5.92 Å². The van der Waals surface area contributed by atoms with E-state index in [1.807, 2.05) is 55.5 Å². The Labute approximate surface area is 107 Å². The summed E-state index contributed by atoms with van der Waals surface area (Å²) in [6.07, 6.45) is 0.625. The largest absolute Gasteiger partial charge is 0.377 e. The molecule has 0 spiro atoms. The first-order valence-electron chi connectivity index (χ1n) is 5.97. The van der Waals surface area contributed by atoms with Crippen LogP contribution in [0.5, 0.6) is 0 Å². The molecule has 2 heteroatoms. The molecule has 2 aromatic carbocycles. The molecule has 0 bridgehead atoms. The zero-order valence-corrected chi connectivity index (χ0v) is 10.3. The van der Waals surface area contributed by atoms with E-state index in [1.165, 1.54) is 0 Å². The van der Waals surface area contributed by atoms with Gasteiger partial charge in [0.05, 0.1) is 0 Å².